The average Bonchev–Trinajstić information content (AvgIpc) is 2.87. The molecule has 2 heterocycles. The van der Waals surface area contributed by atoms with Gasteiger partial charge < -0.3 is 9.15 Å². The molecule has 0 unspecified atom stereocenters. The number of hydrogen-bond acceptors (Lipinski definition) is 3. The minimum Gasteiger partial charge on any atom is -0.464 e. The summed E-state index contributed by atoms with van der Waals surface area (Å²) in [5.41, 5.74) is 1.15. The molecular formula is C14H10BF2NO2. The highest BCUT2D eigenvalue weighted by molar-refractivity contribution is 6.60. The maximum absolute atomic E-state index is 12.7. The van der Waals surface area contributed by atoms with Crippen molar-refractivity contribution >= 4 is 23.7 Å². The highest BCUT2D eigenvalue weighted by Gasteiger charge is 2.19. The third-order valence-electron chi connectivity index (χ3n) is 3.03. The molecule has 3 nitrogen and oxygen atoms in total. The Bertz CT molecular complexity index is 758. The molecule has 0 aliphatic heterocycles. The minimum atomic E-state index is -2.49. The molecule has 2 aromatic heterocycles. The van der Waals surface area contributed by atoms with Crippen molar-refractivity contribution in [3.63, 3.8) is 0 Å². The van der Waals surface area contributed by atoms with Gasteiger partial charge in [-0.2, -0.15) is 0 Å². The maximum Gasteiger partial charge on any atom is 0.572 e. The summed E-state index contributed by atoms with van der Waals surface area (Å²) in [7, 11) is -2.49. The van der Waals surface area contributed by atoms with E-state index >= 15 is 0 Å². The minimum absolute atomic E-state index is 0.00632. The summed E-state index contributed by atoms with van der Waals surface area (Å²) in [5.74, 6) is 0.855. The molecule has 0 bridgehead atoms. The number of nitrogens with zero attached hydrogens (tertiary/aromatic N) is 1. The first kappa shape index (κ1) is 12.7. The Morgan fingerprint density at radius 1 is 1.20 bits per heavy atom. The van der Waals surface area contributed by atoms with Crippen molar-refractivity contribution in [1.29, 1.82) is 0 Å². The first-order valence-electron chi connectivity index (χ1n) is 6.04. The molecule has 0 saturated carbocycles. The fraction of sp³-hybridized carbons (Fsp3) is 0.0714. The van der Waals surface area contributed by atoms with Gasteiger partial charge in [-0.3, -0.25) is 8.63 Å². The van der Waals surface area contributed by atoms with Crippen LogP contribution in [-0.2, 0) is 0 Å². The van der Waals surface area contributed by atoms with E-state index in [-0.39, 0.29) is 5.46 Å². The molecule has 100 valence electrons. The van der Waals surface area contributed by atoms with Crippen molar-refractivity contribution in [2.75, 3.05) is 0 Å². The summed E-state index contributed by atoms with van der Waals surface area (Å²) in [4.78, 5) is 4.13. The largest absolute Gasteiger partial charge is 0.572 e. The van der Waals surface area contributed by atoms with Crippen LogP contribution in [-0.4, -0.2) is 12.3 Å². The molecule has 0 atom stereocenters. The van der Waals surface area contributed by atoms with Crippen molar-refractivity contribution in [2.45, 2.75) is 6.92 Å². The zero-order valence-electron chi connectivity index (χ0n) is 10.6. The van der Waals surface area contributed by atoms with Gasteiger partial charge in [-0.15, -0.1) is 0 Å². The van der Waals surface area contributed by atoms with E-state index in [1.165, 1.54) is 12.1 Å². The van der Waals surface area contributed by atoms with Gasteiger partial charge in [-0.1, -0.05) is 6.07 Å². The van der Waals surface area contributed by atoms with E-state index in [0.717, 1.165) is 5.39 Å². The van der Waals surface area contributed by atoms with Crippen LogP contribution in [0.15, 0.2) is 47.2 Å². The number of pyridine rings is 1. The van der Waals surface area contributed by atoms with Crippen LogP contribution in [0.5, 0.6) is 11.6 Å². The zero-order valence-corrected chi connectivity index (χ0v) is 10.6. The predicted octanol–water partition coefficient (Wildman–Crippen LogP) is 3.56. The molecule has 3 aromatic rings. The summed E-state index contributed by atoms with van der Waals surface area (Å²) >= 11 is 0. The van der Waals surface area contributed by atoms with Crippen LogP contribution >= 0.6 is 0 Å². The van der Waals surface area contributed by atoms with Gasteiger partial charge >= 0.3 is 7.27 Å². The van der Waals surface area contributed by atoms with Gasteiger partial charge in [-0.05, 0) is 42.2 Å². The van der Waals surface area contributed by atoms with Crippen molar-refractivity contribution < 1.29 is 17.8 Å². The van der Waals surface area contributed by atoms with Gasteiger partial charge in [0, 0.05) is 6.20 Å². The van der Waals surface area contributed by atoms with Crippen LogP contribution in [0, 0.1) is 6.92 Å². The number of aryl methyl sites for hydroxylation is 1. The van der Waals surface area contributed by atoms with Crippen molar-refractivity contribution in [3.05, 3.63) is 48.4 Å². The fourth-order valence-corrected chi connectivity index (χ4v) is 2.02. The SMILES string of the molecule is Cc1cc(Oc2nccc3occc23)ccc1B(F)F. The lowest BCUT2D eigenvalue weighted by atomic mass is 9.82. The second kappa shape index (κ2) is 4.96. The summed E-state index contributed by atoms with van der Waals surface area (Å²) in [5, 5.41) is 0.739. The summed E-state index contributed by atoms with van der Waals surface area (Å²) in [6.07, 6.45) is 3.12. The first-order valence-corrected chi connectivity index (χ1v) is 6.04. The monoisotopic (exact) mass is 273 g/mol. The number of hydrogen-bond donors (Lipinski definition) is 0. The van der Waals surface area contributed by atoms with Crippen molar-refractivity contribution in [2.24, 2.45) is 0 Å². The Balaban J connectivity index is 1.95. The van der Waals surface area contributed by atoms with E-state index in [1.807, 2.05) is 0 Å². The van der Waals surface area contributed by atoms with Crippen LogP contribution in [0.4, 0.5) is 8.63 Å². The number of ether oxygens (including phenoxy) is 1. The van der Waals surface area contributed by atoms with E-state index in [2.05, 4.69) is 4.98 Å². The van der Waals surface area contributed by atoms with Gasteiger partial charge in [0.1, 0.15) is 11.3 Å². The zero-order chi connectivity index (χ0) is 14.1. The number of rotatable bonds is 3. The molecular weight excluding hydrogens is 263 g/mol. The van der Waals surface area contributed by atoms with E-state index in [4.69, 9.17) is 9.15 Å². The molecule has 0 amide bonds. The normalized spacial score (nSPS) is 10.8. The molecule has 6 heteroatoms. The second-order valence-corrected chi connectivity index (χ2v) is 4.37. The van der Waals surface area contributed by atoms with Gasteiger partial charge in [0.15, 0.2) is 0 Å². The lowest BCUT2D eigenvalue weighted by molar-refractivity contribution is 0.468. The summed E-state index contributed by atoms with van der Waals surface area (Å²) < 4.78 is 36.3. The smallest absolute Gasteiger partial charge is 0.464 e. The number of halogens is 2. The quantitative estimate of drug-likeness (QED) is 0.684. The first-order chi connectivity index (χ1) is 9.65. The summed E-state index contributed by atoms with van der Waals surface area (Å²) in [6, 6.07) is 7.92. The average molecular weight is 273 g/mol. The predicted molar refractivity (Wildman–Crippen MR) is 72.9 cm³/mol. The van der Waals surface area contributed by atoms with Crippen LogP contribution in [0.1, 0.15) is 5.56 Å². The topological polar surface area (TPSA) is 35.3 Å². The Morgan fingerprint density at radius 3 is 2.80 bits per heavy atom. The van der Waals surface area contributed by atoms with E-state index < -0.39 is 7.27 Å². The van der Waals surface area contributed by atoms with E-state index in [0.29, 0.717) is 22.8 Å². The Morgan fingerprint density at radius 2 is 2.05 bits per heavy atom. The van der Waals surface area contributed by atoms with E-state index in [1.54, 1.807) is 37.6 Å². The second-order valence-electron chi connectivity index (χ2n) is 4.37. The van der Waals surface area contributed by atoms with E-state index in [9.17, 15) is 8.63 Å². The standard InChI is InChI=1S/C14H10BF2NO2/c1-9-8-10(2-3-12(9)15(16)17)20-14-11-5-7-19-13(11)4-6-18-14/h2-8H,1H3. The number of furan rings is 1. The lowest BCUT2D eigenvalue weighted by Gasteiger charge is -2.08. The maximum atomic E-state index is 12.7. The Kier molecular flexibility index (Phi) is 3.14. The van der Waals surface area contributed by atoms with Gasteiger partial charge in [0.05, 0.1) is 11.6 Å². The number of fused-ring (bicyclic) bond motifs is 1. The van der Waals surface area contributed by atoms with Crippen molar-refractivity contribution in [1.82, 2.24) is 4.98 Å². The molecule has 0 fully saturated rings. The van der Waals surface area contributed by atoms with Gasteiger partial charge in [0.2, 0.25) is 5.88 Å². The van der Waals surface area contributed by atoms with Crippen LogP contribution < -0.4 is 10.2 Å². The molecule has 0 aliphatic rings. The van der Waals surface area contributed by atoms with Crippen LogP contribution in [0.3, 0.4) is 0 Å². The third kappa shape index (κ3) is 2.24. The molecule has 0 spiro atoms. The molecule has 3 rings (SSSR count). The van der Waals surface area contributed by atoms with Crippen molar-refractivity contribution in [3.8, 4) is 11.6 Å². The highest BCUT2D eigenvalue weighted by Crippen LogP contribution is 2.28. The fourth-order valence-electron chi connectivity index (χ4n) is 2.02. The molecule has 0 aliphatic carbocycles. The highest BCUT2D eigenvalue weighted by atomic mass is 19.2. The van der Waals surface area contributed by atoms with Crippen LogP contribution in [0.25, 0.3) is 11.0 Å². The number of benzene rings is 1. The molecule has 1 aromatic carbocycles. The lowest BCUT2D eigenvalue weighted by Crippen LogP contribution is -2.23. The Hall–Kier alpha value is -2.37. The van der Waals surface area contributed by atoms with Gasteiger partial charge in [0.25, 0.3) is 0 Å². The van der Waals surface area contributed by atoms with Crippen LogP contribution in [0.2, 0.25) is 0 Å². The number of aromatic nitrogens is 1. The molecule has 0 radical (unpaired) electrons. The molecule has 20 heavy (non-hydrogen) atoms. The van der Waals surface area contributed by atoms with Gasteiger partial charge in [-0.25, -0.2) is 4.98 Å². The Labute approximate surface area is 114 Å². The summed E-state index contributed by atoms with van der Waals surface area (Å²) in [6.45, 7) is 1.63. The third-order valence-corrected chi connectivity index (χ3v) is 3.03. The molecule has 0 saturated heterocycles. The molecule has 0 N–H and O–H groups in total.